The third-order valence-corrected chi connectivity index (χ3v) is 6.49. The van der Waals surface area contributed by atoms with E-state index in [4.69, 9.17) is 4.74 Å². The van der Waals surface area contributed by atoms with E-state index in [2.05, 4.69) is 10.3 Å². The van der Waals surface area contributed by atoms with Crippen molar-refractivity contribution in [1.82, 2.24) is 10.3 Å². The van der Waals surface area contributed by atoms with E-state index in [1.807, 2.05) is 73.8 Å². The van der Waals surface area contributed by atoms with Crippen LogP contribution in [0.1, 0.15) is 30.5 Å². The van der Waals surface area contributed by atoms with Gasteiger partial charge in [-0.2, -0.15) is 0 Å². The number of nitrogens with one attached hydrogen (secondary N) is 1. The minimum Gasteiger partial charge on any atom is -0.489 e. The number of carbonyl (C=O) groups excluding carboxylic acids is 2. The lowest BCUT2D eigenvalue weighted by atomic mass is 10.0. The van der Waals surface area contributed by atoms with E-state index in [0.29, 0.717) is 13.2 Å². The van der Waals surface area contributed by atoms with Gasteiger partial charge in [0.05, 0.1) is 12.0 Å². The molecule has 2 atom stereocenters. The van der Waals surface area contributed by atoms with Gasteiger partial charge in [0.25, 0.3) is 0 Å². The molecular formula is C26H27N3O3S. The van der Waals surface area contributed by atoms with Crippen molar-refractivity contribution in [2.45, 2.75) is 30.9 Å². The van der Waals surface area contributed by atoms with Crippen molar-refractivity contribution in [1.29, 1.82) is 0 Å². The van der Waals surface area contributed by atoms with E-state index in [9.17, 15) is 9.59 Å². The first-order chi connectivity index (χ1) is 16.0. The smallest absolute Gasteiger partial charge is 0.227 e. The van der Waals surface area contributed by atoms with Crippen molar-refractivity contribution in [3.8, 4) is 5.75 Å². The van der Waals surface area contributed by atoms with Gasteiger partial charge in [0, 0.05) is 41.5 Å². The van der Waals surface area contributed by atoms with Crippen LogP contribution in [-0.4, -0.2) is 29.6 Å². The highest BCUT2D eigenvalue weighted by Crippen LogP contribution is 2.28. The summed E-state index contributed by atoms with van der Waals surface area (Å²) in [6.07, 6.45) is 5.75. The van der Waals surface area contributed by atoms with Gasteiger partial charge in [0.2, 0.25) is 11.8 Å². The Morgan fingerprint density at radius 3 is 2.61 bits per heavy atom. The summed E-state index contributed by atoms with van der Waals surface area (Å²) in [4.78, 5) is 32.3. The van der Waals surface area contributed by atoms with Crippen LogP contribution in [0.4, 0.5) is 5.69 Å². The predicted octanol–water partition coefficient (Wildman–Crippen LogP) is 4.61. The molecule has 1 aliphatic heterocycles. The zero-order chi connectivity index (χ0) is 23.2. The Kier molecular flexibility index (Phi) is 7.29. The molecule has 1 aromatic heterocycles. The highest BCUT2D eigenvalue weighted by Gasteiger charge is 2.35. The summed E-state index contributed by atoms with van der Waals surface area (Å²) in [6, 6.07) is 19.2. The molecule has 1 saturated heterocycles. The Bertz CT molecular complexity index is 1090. The summed E-state index contributed by atoms with van der Waals surface area (Å²) in [5.41, 5.74) is 2.82. The molecule has 1 aliphatic rings. The molecule has 0 radical (unpaired) electrons. The van der Waals surface area contributed by atoms with E-state index < -0.39 is 0 Å². The van der Waals surface area contributed by atoms with Crippen molar-refractivity contribution in [2.75, 3.05) is 17.7 Å². The second-order valence-electron chi connectivity index (χ2n) is 8.05. The monoisotopic (exact) mass is 461 g/mol. The van der Waals surface area contributed by atoms with Crippen LogP contribution in [0, 0.1) is 5.92 Å². The molecule has 1 fully saturated rings. The van der Waals surface area contributed by atoms with E-state index in [0.717, 1.165) is 27.5 Å². The Balaban J connectivity index is 1.31. The summed E-state index contributed by atoms with van der Waals surface area (Å²) in [5.74, 6) is 0.277. The molecule has 0 spiro atoms. The molecule has 0 saturated carbocycles. The van der Waals surface area contributed by atoms with E-state index >= 15 is 0 Å². The van der Waals surface area contributed by atoms with Gasteiger partial charge in [0.15, 0.2) is 0 Å². The van der Waals surface area contributed by atoms with Crippen molar-refractivity contribution >= 4 is 29.3 Å². The number of amides is 2. The first kappa shape index (κ1) is 22.9. The second kappa shape index (κ2) is 10.5. The topological polar surface area (TPSA) is 71.5 Å². The van der Waals surface area contributed by atoms with Crippen LogP contribution in [-0.2, 0) is 16.2 Å². The highest BCUT2D eigenvalue weighted by molar-refractivity contribution is 7.98. The molecule has 0 bridgehead atoms. The Hall–Kier alpha value is -3.32. The van der Waals surface area contributed by atoms with Gasteiger partial charge in [-0.25, -0.2) is 0 Å². The van der Waals surface area contributed by atoms with Crippen LogP contribution in [0.15, 0.2) is 78.0 Å². The van der Waals surface area contributed by atoms with Gasteiger partial charge in [-0.3, -0.25) is 14.6 Å². The molecule has 2 unspecified atom stereocenters. The lowest BCUT2D eigenvalue weighted by Gasteiger charge is -2.19. The molecular weight excluding hydrogens is 434 g/mol. The summed E-state index contributed by atoms with van der Waals surface area (Å²) in [6.45, 7) is 2.79. The Morgan fingerprint density at radius 2 is 1.94 bits per heavy atom. The van der Waals surface area contributed by atoms with Gasteiger partial charge in [-0.15, -0.1) is 11.8 Å². The minimum absolute atomic E-state index is 0.0187. The summed E-state index contributed by atoms with van der Waals surface area (Å²) in [5, 5.41) is 3.06. The Morgan fingerprint density at radius 1 is 1.18 bits per heavy atom. The fourth-order valence-corrected chi connectivity index (χ4v) is 4.22. The predicted molar refractivity (Wildman–Crippen MR) is 130 cm³/mol. The maximum Gasteiger partial charge on any atom is 0.227 e. The number of pyridine rings is 1. The maximum atomic E-state index is 12.9. The number of nitrogens with zero attached hydrogens (tertiary/aromatic N) is 2. The molecule has 33 heavy (non-hydrogen) atoms. The van der Waals surface area contributed by atoms with E-state index in [1.54, 1.807) is 29.1 Å². The molecule has 170 valence electrons. The van der Waals surface area contributed by atoms with Gasteiger partial charge in [-0.1, -0.05) is 18.2 Å². The number of benzene rings is 2. The van der Waals surface area contributed by atoms with Crippen LogP contribution in [0.2, 0.25) is 0 Å². The molecule has 3 aromatic rings. The lowest BCUT2D eigenvalue weighted by Crippen LogP contribution is -2.34. The number of hydrogen-bond donors (Lipinski definition) is 1. The number of aromatic nitrogens is 1. The summed E-state index contributed by atoms with van der Waals surface area (Å²) >= 11 is 1.66. The number of hydrogen-bond acceptors (Lipinski definition) is 5. The van der Waals surface area contributed by atoms with Crippen LogP contribution in [0.25, 0.3) is 0 Å². The van der Waals surface area contributed by atoms with Gasteiger partial charge in [0.1, 0.15) is 12.4 Å². The van der Waals surface area contributed by atoms with E-state index in [1.165, 1.54) is 0 Å². The number of carbonyl (C=O) groups is 2. The standard InChI is InChI=1S/C26H27N3O3S/c1-18(20-5-9-23(10-6-20)32-17-19-4-3-13-27-15-19)28-26(31)21-14-25(30)29(16-21)22-7-11-24(33-2)12-8-22/h3-13,15,18,21H,14,16-17H2,1-2H3,(H,28,31). The van der Waals surface area contributed by atoms with Gasteiger partial charge in [-0.05, 0) is 61.2 Å². The van der Waals surface area contributed by atoms with Crippen LogP contribution >= 0.6 is 11.8 Å². The molecule has 2 amide bonds. The molecule has 2 heterocycles. The minimum atomic E-state index is -0.359. The second-order valence-corrected chi connectivity index (χ2v) is 8.93. The number of ether oxygens (including phenoxy) is 1. The zero-order valence-electron chi connectivity index (χ0n) is 18.7. The maximum absolute atomic E-state index is 12.9. The highest BCUT2D eigenvalue weighted by atomic mass is 32.2. The zero-order valence-corrected chi connectivity index (χ0v) is 19.5. The average molecular weight is 462 g/mol. The first-order valence-electron chi connectivity index (χ1n) is 10.9. The van der Waals surface area contributed by atoms with E-state index in [-0.39, 0.29) is 30.2 Å². The fraction of sp³-hybridized carbons (Fsp3) is 0.269. The molecule has 0 aliphatic carbocycles. The molecule has 4 rings (SSSR count). The molecule has 2 aromatic carbocycles. The van der Waals surface area contributed by atoms with Crippen LogP contribution in [0.3, 0.4) is 0 Å². The number of thioether (sulfide) groups is 1. The normalized spacial score (nSPS) is 16.5. The number of anilines is 1. The van der Waals surface area contributed by atoms with Crippen molar-refractivity contribution in [2.24, 2.45) is 5.92 Å². The lowest BCUT2D eigenvalue weighted by molar-refractivity contribution is -0.126. The quantitative estimate of drug-likeness (QED) is 0.496. The van der Waals surface area contributed by atoms with Crippen LogP contribution < -0.4 is 15.0 Å². The molecule has 6 nitrogen and oxygen atoms in total. The van der Waals surface area contributed by atoms with Crippen molar-refractivity contribution in [3.63, 3.8) is 0 Å². The molecule has 1 N–H and O–H groups in total. The van der Waals surface area contributed by atoms with Gasteiger partial charge < -0.3 is 15.0 Å². The third-order valence-electron chi connectivity index (χ3n) is 5.75. The third kappa shape index (κ3) is 5.73. The van der Waals surface area contributed by atoms with Crippen LogP contribution in [0.5, 0.6) is 5.75 Å². The summed E-state index contributed by atoms with van der Waals surface area (Å²) in [7, 11) is 0. The van der Waals surface area contributed by atoms with Crippen molar-refractivity contribution < 1.29 is 14.3 Å². The first-order valence-corrected chi connectivity index (χ1v) is 12.1. The average Bonchev–Trinajstić information content (AvgIpc) is 3.25. The largest absolute Gasteiger partial charge is 0.489 e. The van der Waals surface area contributed by atoms with Crippen molar-refractivity contribution in [3.05, 3.63) is 84.2 Å². The molecule has 7 heteroatoms. The Labute approximate surface area is 198 Å². The number of rotatable bonds is 8. The fourth-order valence-electron chi connectivity index (χ4n) is 3.81. The summed E-state index contributed by atoms with van der Waals surface area (Å²) < 4.78 is 5.80. The van der Waals surface area contributed by atoms with Gasteiger partial charge >= 0.3 is 0 Å². The SMILES string of the molecule is CSc1ccc(N2CC(C(=O)NC(C)c3ccc(OCc4cccnc4)cc3)CC2=O)cc1.